The van der Waals surface area contributed by atoms with Crippen molar-refractivity contribution in [2.24, 2.45) is 20.0 Å². The minimum Gasteiger partial charge on any atom is -0.245 e. The number of benzene rings is 4. The summed E-state index contributed by atoms with van der Waals surface area (Å²) in [6.45, 7) is 0. The van der Waals surface area contributed by atoms with E-state index in [0.717, 1.165) is 22.3 Å². The van der Waals surface area contributed by atoms with Crippen molar-refractivity contribution in [1.29, 1.82) is 0 Å². The molecule has 8 rings (SSSR count). The van der Waals surface area contributed by atoms with Crippen LogP contribution in [-0.4, -0.2) is 43.9 Å². The largest absolute Gasteiger partial charge is 0.245 e. The average Bonchev–Trinajstić information content (AvgIpc) is 3.79. The smallest absolute Gasteiger partial charge is 0.221 e. The van der Waals surface area contributed by atoms with Crippen molar-refractivity contribution in [3.05, 3.63) is 190 Å². The summed E-state index contributed by atoms with van der Waals surface area (Å²) in [5, 5.41) is 1.15. The first-order chi connectivity index (χ1) is 24.3. The standard InChI is InChI=1S/C42H30Cl4N4/c43-33-21-25-39(45,26-22-33)41(47-35(29-13-5-1-6-14-29)36(48-41)30-15-7-2-8-16-30)42(40(46)27-23-34(44)24-28-40)49-37(31-17-9-3-10-18-31)38(50-42)32-19-11-4-12-20-32/h1-25,27H,26,28H2. The molecule has 0 bridgehead atoms. The predicted molar refractivity (Wildman–Crippen MR) is 210 cm³/mol. The maximum Gasteiger partial charge on any atom is 0.221 e. The molecule has 0 N–H and O–H groups in total. The lowest BCUT2D eigenvalue weighted by Gasteiger charge is -2.52. The van der Waals surface area contributed by atoms with E-state index >= 15 is 0 Å². The van der Waals surface area contributed by atoms with Gasteiger partial charge in [-0.1, -0.05) is 169 Å². The maximum absolute atomic E-state index is 8.01. The fourth-order valence-corrected chi connectivity index (χ4v) is 8.06. The van der Waals surface area contributed by atoms with Gasteiger partial charge < -0.3 is 0 Å². The van der Waals surface area contributed by atoms with E-state index in [1.807, 2.05) is 146 Å². The van der Waals surface area contributed by atoms with E-state index in [4.69, 9.17) is 66.4 Å². The van der Waals surface area contributed by atoms with Crippen molar-refractivity contribution in [2.45, 2.75) is 33.9 Å². The van der Waals surface area contributed by atoms with Crippen LogP contribution in [-0.2, 0) is 0 Å². The van der Waals surface area contributed by atoms with Gasteiger partial charge in [-0.25, -0.2) is 20.0 Å². The number of rotatable bonds is 7. The van der Waals surface area contributed by atoms with Crippen LogP contribution in [0.3, 0.4) is 0 Å². The van der Waals surface area contributed by atoms with Crippen LogP contribution in [0.5, 0.6) is 0 Å². The molecule has 2 heterocycles. The second kappa shape index (κ2) is 12.8. The van der Waals surface area contributed by atoms with Gasteiger partial charge in [0.1, 0.15) is 9.75 Å². The highest BCUT2D eigenvalue weighted by Crippen LogP contribution is 2.60. The summed E-state index contributed by atoms with van der Waals surface area (Å²) >= 11 is 29.2. The molecule has 246 valence electrons. The Balaban J connectivity index is 1.53. The Morgan fingerprint density at radius 1 is 0.400 bits per heavy atom. The Kier molecular flexibility index (Phi) is 8.40. The second-order valence-corrected chi connectivity index (χ2v) is 14.8. The Morgan fingerprint density at radius 3 is 0.880 bits per heavy atom. The fourth-order valence-electron chi connectivity index (χ4n) is 7.07. The van der Waals surface area contributed by atoms with Crippen LogP contribution in [0, 0.1) is 0 Å². The highest BCUT2D eigenvalue weighted by molar-refractivity contribution is 6.56. The average molecular weight is 733 g/mol. The van der Waals surface area contributed by atoms with Gasteiger partial charge in [0.15, 0.2) is 0 Å². The van der Waals surface area contributed by atoms with Crippen LogP contribution < -0.4 is 0 Å². The Morgan fingerprint density at radius 2 is 0.660 bits per heavy atom. The van der Waals surface area contributed by atoms with Crippen molar-refractivity contribution >= 4 is 69.3 Å². The molecule has 0 saturated carbocycles. The zero-order valence-electron chi connectivity index (χ0n) is 26.7. The molecule has 2 unspecified atom stereocenters. The molecular formula is C42H30Cl4N4. The molecule has 0 radical (unpaired) electrons. The van der Waals surface area contributed by atoms with Crippen LogP contribution in [0.25, 0.3) is 0 Å². The topological polar surface area (TPSA) is 49.4 Å². The van der Waals surface area contributed by atoms with Gasteiger partial charge in [0.05, 0.1) is 22.8 Å². The zero-order chi connectivity index (χ0) is 34.4. The van der Waals surface area contributed by atoms with Gasteiger partial charge >= 0.3 is 0 Å². The van der Waals surface area contributed by atoms with Gasteiger partial charge in [-0.3, -0.25) is 0 Å². The Hall–Kier alpha value is -4.32. The Bertz CT molecular complexity index is 1930. The van der Waals surface area contributed by atoms with Gasteiger partial charge in [-0.15, -0.1) is 23.2 Å². The molecule has 0 saturated heterocycles. The van der Waals surface area contributed by atoms with Crippen LogP contribution in [0.4, 0.5) is 0 Å². The molecular weight excluding hydrogens is 702 g/mol. The molecule has 4 aromatic rings. The molecule has 4 aliphatic rings. The maximum atomic E-state index is 8.01. The predicted octanol–water partition coefficient (Wildman–Crippen LogP) is 10.5. The number of aliphatic imine (C=N–C) groups is 4. The summed E-state index contributed by atoms with van der Waals surface area (Å²) in [7, 11) is 0. The van der Waals surface area contributed by atoms with Crippen LogP contribution in [0.1, 0.15) is 35.1 Å². The number of allylic oxidation sites excluding steroid dienone is 6. The minimum absolute atomic E-state index is 0.294. The summed E-state index contributed by atoms with van der Waals surface area (Å²) in [6.07, 6.45) is 11.7. The molecule has 2 aliphatic heterocycles. The first kappa shape index (κ1) is 32.9. The third kappa shape index (κ3) is 5.29. The van der Waals surface area contributed by atoms with E-state index in [1.54, 1.807) is 12.2 Å². The summed E-state index contributed by atoms with van der Waals surface area (Å²) < 4.78 is 0. The molecule has 0 aromatic heterocycles. The number of hydrogen-bond donors (Lipinski definition) is 0. The van der Waals surface area contributed by atoms with Crippen molar-refractivity contribution in [2.75, 3.05) is 0 Å². The summed E-state index contributed by atoms with van der Waals surface area (Å²) in [5.41, 5.74) is 2.90. The molecule has 0 fully saturated rings. The lowest BCUT2D eigenvalue weighted by molar-refractivity contribution is 0.172. The van der Waals surface area contributed by atoms with Crippen molar-refractivity contribution in [3.63, 3.8) is 0 Å². The van der Waals surface area contributed by atoms with Gasteiger partial charge in [0, 0.05) is 32.3 Å². The summed E-state index contributed by atoms with van der Waals surface area (Å²) in [6, 6.07) is 40.0. The van der Waals surface area contributed by atoms with Gasteiger partial charge in [-0.05, 0) is 25.0 Å². The van der Waals surface area contributed by atoms with E-state index in [0.29, 0.717) is 45.8 Å². The first-order valence-corrected chi connectivity index (χ1v) is 17.9. The normalized spacial score (nSPS) is 24.9. The number of hydrogen-bond acceptors (Lipinski definition) is 4. The van der Waals surface area contributed by atoms with E-state index < -0.39 is 21.1 Å². The number of nitrogens with zero attached hydrogens (tertiary/aromatic N) is 4. The molecule has 2 atom stereocenters. The second-order valence-electron chi connectivity index (χ2n) is 12.6. The van der Waals surface area contributed by atoms with E-state index in [2.05, 4.69) is 0 Å². The van der Waals surface area contributed by atoms with Gasteiger partial charge in [-0.2, -0.15) is 0 Å². The van der Waals surface area contributed by atoms with E-state index in [-0.39, 0.29) is 0 Å². The molecule has 0 amide bonds. The lowest BCUT2D eigenvalue weighted by atomic mass is 9.70. The third-order valence-electron chi connectivity index (χ3n) is 9.58. The fraction of sp³-hybridized carbons (Fsp3) is 0.143. The molecule has 0 spiro atoms. The molecule has 4 aromatic carbocycles. The SMILES string of the molecule is ClC1=CCC(Cl)(C2(C3(C4(Cl)C=CC(Cl)=CC4)N=C(c4ccccc4)C(c4ccccc4)=N3)N=C(c3ccccc3)C(c3ccccc3)=N2)C=C1. The molecule has 50 heavy (non-hydrogen) atoms. The molecule has 4 nitrogen and oxygen atoms in total. The van der Waals surface area contributed by atoms with E-state index in [1.165, 1.54) is 0 Å². The van der Waals surface area contributed by atoms with Crippen LogP contribution in [0.15, 0.2) is 188 Å². The Labute approximate surface area is 311 Å². The quantitative estimate of drug-likeness (QED) is 0.170. The lowest BCUT2D eigenvalue weighted by Crippen LogP contribution is -2.67. The zero-order valence-corrected chi connectivity index (χ0v) is 29.7. The van der Waals surface area contributed by atoms with Crippen molar-refractivity contribution < 1.29 is 0 Å². The number of alkyl halides is 2. The van der Waals surface area contributed by atoms with Crippen LogP contribution in [0.2, 0.25) is 0 Å². The minimum atomic E-state index is -1.64. The summed E-state index contributed by atoms with van der Waals surface area (Å²) in [4.78, 5) is 20.1. The van der Waals surface area contributed by atoms with Crippen molar-refractivity contribution in [3.8, 4) is 0 Å². The van der Waals surface area contributed by atoms with E-state index in [9.17, 15) is 0 Å². The third-order valence-corrected chi connectivity index (χ3v) is 11.2. The summed E-state index contributed by atoms with van der Waals surface area (Å²) in [5.74, 6) is 0. The monoisotopic (exact) mass is 730 g/mol. The highest BCUT2D eigenvalue weighted by atomic mass is 35.5. The highest BCUT2D eigenvalue weighted by Gasteiger charge is 2.73. The number of halogens is 4. The van der Waals surface area contributed by atoms with Crippen molar-refractivity contribution in [1.82, 2.24) is 0 Å². The van der Waals surface area contributed by atoms with Gasteiger partial charge in [0.2, 0.25) is 11.3 Å². The molecule has 8 heteroatoms. The molecule has 2 aliphatic carbocycles. The first-order valence-electron chi connectivity index (χ1n) is 16.4. The van der Waals surface area contributed by atoms with Crippen LogP contribution >= 0.6 is 46.4 Å². The van der Waals surface area contributed by atoms with Gasteiger partial charge in [0.25, 0.3) is 0 Å².